The van der Waals surface area contributed by atoms with Crippen LogP contribution in [0.3, 0.4) is 0 Å². The highest BCUT2D eigenvalue weighted by molar-refractivity contribution is 7.97. The monoisotopic (exact) mass is 709 g/mol. The molecule has 17 heteroatoms. The number of aromatic nitrogens is 2. The van der Waals surface area contributed by atoms with Crippen LogP contribution in [0.2, 0.25) is 5.28 Å². The predicted molar refractivity (Wildman–Crippen MR) is 172 cm³/mol. The van der Waals surface area contributed by atoms with Crippen molar-refractivity contribution in [1.29, 1.82) is 0 Å². The summed E-state index contributed by atoms with van der Waals surface area (Å²) in [6, 6.07) is 13.6. The maximum absolute atomic E-state index is 14.5. The molecule has 0 bridgehead atoms. The second-order valence-electron chi connectivity index (χ2n) is 9.75. The van der Waals surface area contributed by atoms with Gasteiger partial charge in [0.15, 0.2) is 24.9 Å². The SMILES string of the molecule is CO[N+](=O)c1cc(CSC)cc(N(CCCCOc2cc(F)ccc2-c2nc(Cl)ncc2F)S(=O)(=O)c2ccccc2[N+](=O)OC)c1. The number of hydrogen-bond acceptors (Lipinski definition) is 10. The number of para-hydroxylation sites is 1. The van der Waals surface area contributed by atoms with Gasteiger partial charge in [-0.25, -0.2) is 36.8 Å². The molecule has 3 aromatic carbocycles. The highest BCUT2D eigenvalue weighted by Crippen LogP contribution is 2.35. The number of hydrogen-bond donors (Lipinski definition) is 0. The summed E-state index contributed by atoms with van der Waals surface area (Å²) in [4.78, 5) is 42.0. The Balaban J connectivity index is 1.65. The molecule has 0 unspecified atom stereocenters. The summed E-state index contributed by atoms with van der Waals surface area (Å²) >= 11 is 7.31. The highest BCUT2D eigenvalue weighted by Gasteiger charge is 2.35. The molecule has 4 rings (SSSR count). The molecule has 0 spiro atoms. The molecule has 0 aliphatic rings. The van der Waals surface area contributed by atoms with Crippen molar-refractivity contribution < 1.29 is 41.5 Å². The summed E-state index contributed by atoms with van der Waals surface area (Å²) in [6.45, 7) is -0.138. The van der Waals surface area contributed by atoms with Gasteiger partial charge in [-0.1, -0.05) is 12.1 Å². The van der Waals surface area contributed by atoms with E-state index in [-0.39, 0.29) is 80.1 Å². The van der Waals surface area contributed by atoms with Crippen molar-refractivity contribution in [2.24, 2.45) is 0 Å². The molecule has 0 aliphatic carbocycles. The van der Waals surface area contributed by atoms with Crippen LogP contribution in [-0.2, 0) is 25.5 Å². The molecular weight excluding hydrogens is 680 g/mol. The van der Waals surface area contributed by atoms with Crippen molar-refractivity contribution in [3.05, 3.63) is 99.2 Å². The Bertz CT molecular complexity index is 1890. The normalized spacial score (nSPS) is 11.2. The van der Waals surface area contributed by atoms with Crippen LogP contribution in [0.25, 0.3) is 11.3 Å². The van der Waals surface area contributed by atoms with Crippen molar-refractivity contribution >= 4 is 50.4 Å². The van der Waals surface area contributed by atoms with E-state index >= 15 is 0 Å². The van der Waals surface area contributed by atoms with Crippen LogP contribution in [0.15, 0.2) is 71.8 Å². The maximum atomic E-state index is 14.5. The summed E-state index contributed by atoms with van der Waals surface area (Å²) in [5.41, 5.74) is 0.582. The number of sulfonamides is 1. The summed E-state index contributed by atoms with van der Waals surface area (Å²) in [5.74, 6) is -0.960. The van der Waals surface area contributed by atoms with Gasteiger partial charge in [-0.3, -0.25) is 4.31 Å². The Kier molecular flexibility index (Phi) is 12.0. The number of anilines is 1. The van der Waals surface area contributed by atoms with Gasteiger partial charge in [0.1, 0.15) is 17.3 Å². The largest absolute Gasteiger partial charge is 0.493 e. The standard InChI is InChI=1S/C30H30ClF2N5O7S2/c1-43-37(39)23-15-20(19-46-3)14-22(17-23)36(47(41,42)28-9-5-4-8-26(28)38(40)44-2)12-6-7-13-45-27-16-21(32)10-11-24(27)29-25(33)18-34-30(31)35-29/h4-5,8-11,14-18H,6-7,12-13,19H2,1-3H3/q+2. The Hall–Kier alpha value is -4.41. The molecule has 0 saturated carbocycles. The van der Waals surface area contributed by atoms with Gasteiger partial charge in [0.05, 0.1) is 28.3 Å². The summed E-state index contributed by atoms with van der Waals surface area (Å²) in [5, 5.41) is -0.208. The maximum Gasteiger partial charge on any atom is 0.337 e. The molecule has 0 aliphatic heterocycles. The second kappa shape index (κ2) is 15.9. The van der Waals surface area contributed by atoms with Crippen molar-refractivity contribution in [1.82, 2.24) is 9.97 Å². The lowest BCUT2D eigenvalue weighted by Crippen LogP contribution is -2.33. The zero-order chi connectivity index (χ0) is 34.1. The summed E-state index contributed by atoms with van der Waals surface area (Å²) in [7, 11) is -2.14. The minimum Gasteiger partial charge on any atom is -0.493 e. The third-order valence-electron chi connectivity index (χ3n) is 6.66. The number of nitrogens with zero attached hydrogens (tertiary/aromatic N) is 5. The molecule has 1 aromatic heterocycles. The molecule has 0 radical (unpaired) electrons. The Morgan fingerprint density at radius 2 is 1.72 bits per heavy atom. The van der Waals surface area contributed by atoms with Crippen LogP contribution in [0, 0.1) is 21.4 Å². The lowest BCUT2D eigenvalue weighted by molar-refractivity contribution is -0.738. The Morgan fingerprint density at radius 3 is 2.45 bits per heavy atom. The fourth-order valence-electron chi connectivity index (χ4n) is 4.58. The quantitative estimate of drug-likeness (QED) is 0.0685. The van der Waals surface area contributed by atoms with Crippen molar-refractivity contribution in [3.63, 3.8) is 0 Å². The fraction of sp³-hybridized carbons (Fsp3) is 0.267. The van der Waals surface area contributed by atoms with E-state index in [2.05, 4.69) is 9.97 Å². The summed E-state index contributed by atoms with van der Waals surface area (Å²) in [6.07, 6.45) is 3.21. The molecule has 1 heterocycles. The minimum atomic E-state index is -4.43. The average Bonchev–Trinajstić information content (AvgIpc) is 3.06. The number of benzene rings is 3. The second-order valence-corrected chi connectivity index (χ2v) is 12.8. The van der Waals surface area contributed by atoms with E-state index < -0.39 is 21.7 Å². The summed E-state index contributed by atoms with van der Waals surface area (Å²) < 4.78 is 64.0. The van der Waals surface area contributed by atoms with E-state index in [0.29, 0.717) is 11.3 Å². The molecule has 0 atom stereocenters. The molecule has 4 aromatic rings. The van der Waals surface area contributed by atoms with Crippen molar-refractivity contribution in [3.8, 4) is 17.0 Å². The van der Waals surface area contributed by atoms with E-state index in [0.717, 1.165) is 29.7 Å². The number of unbranched alkanes of at least 4 members (excludes halogenated alkanes) is 1. The third kappa shape index (κ3) is 8.50. The molecule has 0 saturated heterocycles. The van der Waals surface area contributed by atoms with Crippen LogP contribution in [-0.4, -0.2) is 61.9 Å². The Labute approximate surface area is 278 Å². The molecular formula is C30H30ClF2N5O7S2+2. The lowest BCUT2D eigenvalue weighted by Gasteiger charge is -2.24. The van der Waals surface area contributed by atoms with Crippen LogP contribution in [0.1, 0.15) is 18.4 Å². The van der Waals surface area contributed by atoms with E-state index in [1.165, 1.54) is 55.3 Å². The lowest BCUT2D eigenvalue weighted by atomic mass is 10.1. The van der Waals surface area contributed by atoms with E-state index in [9.17, 15) is 27.0 Å². The van der Waals surface area contributed by atoms with E-state index in [4.69, 9.17) is 26.0 Å². The van der Waals surface area contributed by atoms with Gasteiger partial charge in [-0.2, -0.15) is 11.8 Å². The van der Waals surface area contributed by atoms with Gasteiger partial charge in [0.25, 0.3) is 19.9 Å². The van der Waals surface area contributed by atoms with Gasteiger partial charge >= 0.3 is 11.4 Å². The zero-order valence-electron chi connectivity index (χ0n) is 25.4. The molecule has 0 fully saturated rings. The van der Waals surface area contributed by atoms with Crippen LogP contribution in [0.4, 0.5) is 25.8 Å². The number of ether oxygens (including phenoxy) is 1. The molecule has 0 N–H and O–H groups in total. The first-order valence-corrected chi connectivity index (χ1v) is 17.1. The van der Waals surface area contributed by atoms with Crippen molar-refractivity contribution in [2.75, 3.05) is 37.9 Å². The molecule has 248 valence electrons. The van der Waals surface area contributed by atoms with E-state index in [1.54, 1.807) is 12.1 Å². The highest BCUT2D eigenvalue weighted by atomic mass is 35.5. The fourth-order valence-corrected chi connectivity index (χ4v) is 6.86. The van der Waals surface area contributed by atoms with Gasteiger partial charge < -0.3 is 4.74 Å². The van der Waals surface area contributed by atoms with Crippen LogP contribution < -0.4 is 9.04 Å². The van der Waals surface area contributed by atoms with Gasteiger partial charge in [0.2, 0.25) is 5.28 Å². The van der Waals surface area contributed by atoms with Gasteiger partial charge in [0, 0.05) is 42.1 Å². The van der Waals surface area contributed by atoms with Gasteiger partial charge in [-0.15, -0.1) is 0 Å². The minimum absolute atomic E-state index is 0.00307. The van der Waals surface area contributed by atoms with E-state index in [1.807, 2.05) is 6.26 Å². The molecule has 0 amide bonds. The average molecular weight is 710 g/mol. The van der Waals surface area contributed by atoms with Crippen LogP contribution >= 0.6 is 23.4 Å². The predicted octanol–water partition coefficient (Wildman–Crippen LogP) is 6.94. The molecule has 47 heavy (non-hydrogen) atoms. The first kappa shape index (κ1) is 35.4. The first-order chi connectivity index (χ1) is 22.5. The smallest absolute Gasteiger partial charge is 0.337 e. The molecule has 12 nitrogen and oxygen atoms in total. The number of rotatable bonds is 16. The van der Waals surface area contributed by atoms with Crippen molar-refractivity contribution in [2.45, 2.75) is 23.5 Å². The van der Waals surface area contributed by atoms with Crippen LogP contribution in [0.5, 0.6) is 5.75 Å². The topological polar surface area (TPSA) is 131 Å². The van der Waals surface area contributed by atoms with Gasteiger partial charge in [-0.05, 0) is 60.5 Å². The zero-order valence-corrected chi connectivity index (χ0v) is 27.8. The number of thioether (sulfide) groups is 1. The number of halogens is 3. The third-order valence-corrected chi connectivity index (χ3v) is 9.34. The first-order valence-electron chi connectivity index (χ1n) is 13.9. The Morgan fingerprint density at radius 1 is 0.979 bits per heavy atom.